The Kier molecular flexibility index (Phi) is 8.23. The Morgan fingerprint density at radius 1 is 0.906 bits per heavy atom. The second kappa shape index (κ2) is 11.8. The molecule has 0 spiro atoms. The van der Waals surface area contributed by atoms with E-state index in [9.17, 15) is 9.90 Å². The van der Waals surface area contributed by atoms with Gasteiger partial charge in [0.05, 0.1) is 0 Å². The first-order chi connectivity index (χ1) is 15.6. The molecule has 162 valence electrons. The van der Waals surface area contributed by atoms with E-state index in [1.165, 1.54) is 0 Å². The number of hydrogen-bond donors (Lipinski definition) is 2. The van der Waals surface area contributed by atoms with Crippen LogP contribution < -0.4 is 10.1 Å². The summed E-state index contributed by atoms with van der Waals surface area (Å²) < 4.78 is 11.0. The third-order valence-electron chi connectivity index (χ3n) is 4.66. The predicted octanol–water partition coefficient (Wildman–Crippen LogP) is 5.36. The molecular formula is C25H24N3O4+. The zero-order valence-electron chi connectivity index (χ0n) is 17.4. The van der Waals surface area contributed by atoms with Gasteiger partial charge in [-0.3, -0.25) is 0 Å². The molecule has 32 heavy (non-hydrogen) atoms. The molecule has 0 aliphatic carbocycles. The molecule has 1 atom stereocenters. The molecule has 0 unspecified atom stereocenters. The molecule has 0 radical (unpaired) electrons. The van der Waals surface area contributed by atoms with Crippen molar-refractivity contribution in [3.8, 4) is 5.75 Å². The van der Waals surface area contributed by atoms with Crippen LogP contribution in [0.25, 0.3) is 4.98 Å². The lowest BCUT2D eigenvalue weighted by Crippen LogP contribution is -2.38. The first kappa shape index (κ1) is 22.4. The lowest BCUT2D eigenvalue weighted by molar-refractivity contribution is 0.134. The van der Waals surface area contributed by atoms with Gasteiger partial charge in [-0.15, -0.1) is 0 Å². The molecule has 0 saturated carbocycles. The molecule has 0 heterocycles. The van der Waals surface area contributed by atoms with Crippen molar-refractivity contribution in [1.82, 2.24) is 5.32 Å². The Labute approximate surface area is 186 Å². The highest BCUT2D eigenvalue weighted by Crippen LogP contribution is 2.17. The SMILES string of the molecule is N#[N+]/C=C(/O)[C@H](Cc1ccc(OCc2ccccc2)cc1)NC(=O)OCc1ccccc1. The highest BCUT2D eigenvalue weighted by atomic mass is 16.5. The molecule has 7 heteroatoms. The van der Waals surface area contributed by atoms with Gasteiger partial charge in [0.2, 0.25) is 11.2 Å². The summed E-state index contributed by atoms with van der Waals surface area (Å²) in [5, 5.41) is 21.5. The van der Waals surface area contributed by atoms with Gasteiger partial charge >= 0.3 is 12.3 Å². The van der Waals surface area contributed by atoms with Gasteiger partial charge in [0.25, 0.3) is 0 Å². The quantitative estimate of drug-likeness (QED) is 0.352. The van der Waals surface area contributed by atoms with Crippen molar-refractivity contribution in [1.29, 1.82) is 5.39 Å². The number of rotatable bonds is 9. The number of aliphatic hydroxyl groups is 1. The Morgan fingerprint density at radius 3 is 2.09 bits per heavy atom. The van der Waals surface area contributed by atoms with Gasteiger partial charge in [-0.1, -0.05) is 72.8 Å². The van der Waals surface area contributed by atoms with E-state index in [0.717, 1.165) is 22.9 Å². The molecule has 3 rings (SSSR count). The monoisotopic (exact) mass is 430 g/mol. The smallest absolute Gasteiger partial charge is 0.408 e. The molecule has 3 aromatic carbocycles. The number of alkyl carbamates (subject to hydrolysis) is 1. The maximum absolute atomic E-state index is 12.2. The summed E-state index contributed by atoms with van der Waals surface area (Å²) in [5.41, 5.74) is 2.75. The van der Waals surface area contributed by atoms with E-state index >= 15 is 0 Å². The number of carbonyl (C=O) groups excluding carboxylic acids is 1. The number of benzene rings is 3. The number of nitrogens with zero attached hydrogens (tertiary/aromatic N) is 2. The number of amides is 1. The van der Waals surface area contributed by atoms with Gasteiger partial charge in [0, 0.05) is 6.42 Å². The average Bonchev–Trinajstić information content (AvgIpc) is 2.83. The predicted molar refractivity (Wildman–Crippen MR) is 120 cm³/mol. The summed E-state index contributed by atoms with van der Waals surface area (Å²) in [4.78, 5) is 15.1. The Balaban J connectivity index is 1.57. The zero-order chi connectivity index (χ0) is 22.6. The Bertz CT molecular complexity index is 1060. The van der Waals surface area contributed by atoms with Gasteiger partial charge in [-0.2, -0.15) is 0 Å². The van der Waals surface area contributed by atoms with Crippen LogP contribution in [0.3, 0.4) is 0 Å². The summed E-state index contributed by atoms with van der Waals surface area (Å²) >= 11 is 0. The number of nitrogens with one attached hydrogen (secondary N) is 1. The average molecular weight is 430 g/mol. The maximum atomic E-state index is 12.2. The van der Waals surface area contributed by atoms with Crippen molar-refractivity contribution in [3.05, 3.63) is 119 Å². The second-order valence-corrected chi connectivity index (χ2v) is 7.05. The molecule has 0 bridgehead atoms. The standard InChI is InChI=1S/C25H23N3O4/c26-27-16-24(29)23(28-25(30)32-18-21-9-5-2-6-10-21)15-19-11-13-22(14-12-19)31-17-20-7-3-1-4-8-20/h1-14,16,23H,15,17-18H2,(H-,28,29,30)/p+1/b24-16+/t23-/m0/s1. The van der Waals surface area contributed by atoms with Crippen LogP contribution in [0.15, 0.2) is 96.9 Å². The maximum Gasteiger partial charge on any atom is 0.408 e. The normalized spacial score (nSPS) is 11.8. The van der Waals surface area contributed by atoms with Crippen LogP contribution in [0, 0.1) is 5.39 Å². The van der Waals surface area contributed by atoms with E-state index in [-0.39, 0.29) is 18.8 Å². The highest BCUT2D eigenvalue weighted by molar-refractivity contribution is 5.68. The van der Waals surface area contributed by atoms with Gasteiger partial charge < -0.3 is 19.9 Å². The largest absolute Gasteiger partial charge is 0.504 e. The van der Waals surface area contributed by atoms with Crippen LogP contribution >= 0.6 is 0 Å². The summed E-state index contributed by atoms with van der Waals surface area (Å²) in [7, 11) is 0. The van der Waals surface area contributed by atoms with Crippen LogP contribution in [0.5, 0.6) is 5.75 Å². The lowest BCUT2D eigenvalue weighted by Gasteiger charge is -2.17. The summed E-state index contributed by atoms with van der Waals surface area (Å²) in [6.45, 7) is 0.556. The van der Waals surface area contributed by atoms with Crippen LogP contribution in [0.1, 0.15) is 16.7 Å². The lowest BCUT2D eigenvalue weighted by atomic mass is 10.0. The topological polar surface area (TPSA) is 95.9 Å². The minimum Gasteiger partial charge on any atom is -0.504 e. The van der Waals surface area contributed by atoms with Crippen molar-refractivity contribution in [2.75, 3.05) is 0 Å². The van der Waals surface area contributed by atoms with Crippen LogP contribution in [0.4, 0.5) is 4.79 Å². The second-order valence-electron chi connectivity index (χ2n) is 7.05. The molecule has 1 amide bonds. The van der Waals surface area contributed by atoms with E-state index in [1.54, 1.807) is 0 Å². The summed E-state index contributed by atoms with van der Waals surface area (Å²) in [6.07, 6.45) is 0.441. The number of hydrogen-bond acceptors (Lipinski definition) is 5. The fraction of sp³-hybridized carbons (Fsp3) is 0.160. The number of carbonyl (C=O) groups is 1. The molecule has 7 nitrogen and oxygen atoms in total. The van der Waals surface area contributed by atoms with E-state index in [1.807, 2.05) is 84.9 Å². The van der Waals surface area contributed by atoms with Crippen molar-refractivity contribution in [3.63, 3.8) is 0 Å². The Morgan fingerprint density at radius 2 is 1.50 bits per heavy atom. The van der Waals surface area contributed by atoms with E-state index < -0.39 is 12.1 Å². The van der Waals surface area contributed by atoms with Crippen molar-refractivity contribution >= 4 is 6.09 Å². The molecule has 0 aliphatic heterocycles. The van der Waals surface area contributed by atoms with Gasteiger partial charge in [-0.25, -0.2) is 4.79 Å². The van der Waals surface area contributed by atoms with Crippen molar-refractivity contribution in [2.24, 2.45) is 0 Å². The molecule has 3 aromatic rings. The third kappa shape index (κ3) is 7.18. The van der Waals surface area contributed by atoms with Crippen molar-refractivity contribution in [2.45, 2.75) is 25.7 Å². The molecule has 0 aliphatic rings. The van der Waals surface area contributed by atoms with Crippen LogP contribution in [-0.4, -0.2) is 17.2 Å². The van der Waals surface area contributed by atoms with Gasteiger partial charge in [-0.05, 0) is 28.8 Å². The molecule has 2 N–H and O–H groups in total. The molecule has 0 saturated heterocycles. The van der Waals surface area contributed by atoms with Crippen LogP contribution in [-0.2, 0) is 24.4 Å². The molecule has 0 fully saturated rings. The van der Waals surface area contributed by atoms with E-state index in [0.29, 0.717) is 12.4 Å². The first-order valence-corrected chi connectivity index (χ1v) is 10.1. The van der Waals surface area contributed by atoms with Crippen molar-refractivity contribution < 1.29 is 19.4 Å². The highest BCUT2D eigenvalue weighted by Gasteiger charge is 2.21. The van der Waals surface area contributed by atoms with E-state index in [4.69, 9.17) is 14.9 Å². The number of ether oxygens (including phenoxy) is 2. The number of diazo groups is 1. The van der Waals surface area contributed by atoms with E-state index in [2.05, 4.69) is 10.3 Å². The Hall–Kier alpha value is -4.31. The minimum atomic E-state index is -0.828. The fourth-order valence-corrected chi connectivity index (χ4v) is 2.98. The van der Waals surface area contributed by atoms with Gasteiger partial charge in [0.15, 0.2) is 4.98 Å². The molecule has 0 aromatic heterocycles. The molecular weight excluding hydrogens is 406 g/mol. The third-order valence-corrected chi connectivity index (χ3v) is 4.66. The first-order valence-electron chi connectivity index (χ1n) is 10.1. The fourth-order valence-electron chi connectivity index (χ4n) is 2.98. The van der Waals surface area contributed by atoms with Gasteiger partial charge in [0.1, 0.15) is 25.0 Å². The summed E-state index contributed by atoms with van der Waals surface area (Å²) in [6, 6.07) is 25.6. The number of aliphatic hydroxyl groups excluding tert-OH is 1. The summed E-state index contributed by atoms with van der Waals surface area (Å²) in [5.74, 6) is 0.406. The van der Waals surface area contributed by atoms with Crippen LogP contribution in [0.2, 0.25) is 0 Å². The minimum absolute atomic E-state index is 0.0989. The zero-order valence-corrected chi connectivity index (χ0v) is 17.4.